The van der Waals surface area contributed by atoms with Crippen molar-refractivity contribution in [3.63, 3.8) is 0 Å². The number of rotatable bonds is 3. The van der Waals surface area contributed by atoms with E-state index in [1.807, 2.05) is 54.6 Å². The third-order valence-electron chi connectivity index (χ3n) is 2.82. The van der Waals surface area contributed by atoms with Gasteiger partial charge in [0.1, 0.15) is 5.38 Å². The molecule has 5 heteroatoms. The second-order valence-electron chi connectivity index (χ2n) is 4.23. The molecule has 0 aliphatic heterocycles. The highest BCUT2D eigenvalue weighted by Gasteiger charge is 2.18. The summed E-state index contributed by atoms with van der Waals surface area (Å²) in [5, 5.41) is 7.65. The number of hydrogen-bond acceptors (Lipinski definition) is 3. The van der Waals surface area contributed by atoms with Crippen LogP contribution >= 0.6 is 27.5 Å². The summed E-state index contributed by atoms with van der Waals surface area (Å²) in [5.74, 6) is 0.857. The Bertz CT molecular complexity index is 715. The van der Waals surface area contributed by atoms with Crippen LogP contribution in [0.4, 0.5) is 0 Å². The van der Waals surface area contributed by atoms with Gasteiger partial charge in [0.15, 0.2) is 0 Å². The third-order valence-corrected chi connectivity index (χ3v) is 3.75. The van der Waals surface area contributed by atoms with Crippen molar-refractivity contribution >= 4 is 27.5 Å². The maximum Gasteiger partial charge on any atom is 0.247 e. The number of alkyl halides is 1. The maximum atomic E-state index is 6.36. The zero-order valence-corrected chi connectivity index (χ0v) is 12.7. The molecular weight excluding hydrogens is 340 g/mol. The quantitative estimate of drug-likeness (QED) is 0.636. The molecule has 2 aromatic carbocycles. The van der Waals surface area contributed by atoms with E-state index in [1.54, 1.807) is 0 Å². The van der Waals surface area contributed by atoms with Crippen molar-refractivity contribution in [1.29, 1.82) is 0 Å². The molecule has 3 nitrogen and oxygen atoms in total. The average molecular weight is 350 g/mol. The SMILES string of the molecule is ClC(c1ccccc1)c1nnc(-c2cccc(Br)c2)o1. The highest BCUT2D eigenvalue weighted by atomic mass is 79.9. The van der Waals surface area contributed by atoms with Crippen molar-refractivity contribution in [3.05, 3.63) is 70.5 Å². The van der Waals surface area contributed by atoms with Gasteiger partial charge in [-0.1, -0.05) is 52.3 Å². The molecule has 0 fully saturated rings. The number of aromatic nitrogens is 2. The Morgan fingerprint density at radius 2 is 1.80 bits per heavy atom. The third kappa shape index (κ3) is 2.76. The van der Waals surface area contributed by atoms with Crippen LogP contribution in [0.3, 0.4) is 0 Å². The average Bonchev–Trinajstić information content (AvgIpc) is 2.97. The second-order valence-corrected chi connectivity index (χ2v) is 5.58. The maximum absolute atomic E-state index is 6.36. The number of hydrogen-bond donors (Lipinski definition) is 0. The van der Waals surface area contributed by atoms with Gasteiger partial charge in [0, 0.05) is 10.0 Å². The van der Waals surface area contributed by atoms with Crippen molar-refractivity contribution in [3.8, 4) is 11.5 Å². The molecule has 1 atom stereocenters. The molecule has 3 aromatic rings. The van der Waals surface area contributed by atoms with Crippen molar-refractivity contribution in [2.24, 2.45) is 0 Å². The van der Waals surface area contributed by atoms with Gasteiger partial charge >= 0.3 is 0 Å². The van der Waals surface area contributed by atoms with E-state index in [2.05, 4.69) is 26.1 Å². The van der Waals surface area contributed by atoms with Gasteiger partial charge in [-0.05, 0) is 23.8 Å². The van der Waals surface area contributed by atoms with Gasteiger partial charge in [0.05, 0.1) is 0 Å². The summed E-state index contributed by atoms with van der Waals surface area (Å²) in [7, 11) is 0. The van der Waals surface area contributed by atoms with Gasteiger partial charge in [-0.2, -0.15) is 0 Å². The van der Waals surface area contributed by atoms with Crippen molar-refractivity contribution in [2.45, 2.75) is 5.38 Å². The van der Waals surface area contributed by atoms with Crippen LogP contribution in [0.1, 0.15) is 16.8 Å². The lowest BCUT2D eigenvalue weighted by atomic mass is 10.1. The van der Waals surface area contributed by atoms with Crippen LogP contribution in [-0.4, -0.2) is 10.2 Å². The van der Waals surface area contributed by atoms with E-state index >= 15 is 0 Å². The zero-order chi connectivity index (χ0) is 13.9. The lowest BCUT2D eigenvalue weighted by Crippen LogP contribution is -1.92. The minimum atomic E-state index is -0.440. The summed E-state index contributed by atoms with van der Waals surface area (Å²) in [6.07, 6.45) is 0. The normalized spacial score (nSPS) is 12.3. The fraction of sp³-hybridized carbons (Fsp3) is 0.0667. The summed E-state index contributed by atoms with van der Waals surface area (Å²) in [6, 6.07) is 17.3. The number of nitrogens with zero attached hydrogens (tertiary/aromatic N) is 2. The molecule has 20 heavy (non-hydrogen) atoms. The Morgan fingerprint density at radius 1 is 1.00 bits per heavy atom. The predicted octanol–water partition coefficient (Wildman–Crippen LogP) is 4.83. The van der Waals surface area contributed by atoms with Gasteiger partial charge in [-0.25, -0.2) is 0 Å². The van der Waals surface area contributed by atoms with Crippen LogP contribution < -0.4 is 0 Å². The summed E-state index contributed by atoms with van der Waals surface area (Å²) in [6.45, 7) is 0. The number of halogens is 2. The molecular formula is C15H10BrClN2O. The zero-order valence-electron chi connectivity index (χ0n) is 10.3. The molecule has 0 saturated heterocycles. The lowest BCUT2D eigenvalue weighted by Gasteiger charge is -2.03. The second kappa shape index (κ2) is 5.77. The van der Waals surface area contributed by atoms with Crippen molar-refractivity contribution < 1.29 is 4.42 Å². The molecule has 0 amide bonds. The molecule has 0 N–H and O–H groups in total. The van der Waals surface area contributed by atoms with Crippen LogP contribution in [0.25, 0.3) is 11.5 Å². The van der Waals surface area contributed by atoms with E-state index in [1.165, 1.54) is 0 Å². The van der Waals surface area contributed by atoms with E-state index in [0.717, 1.165) is 15.6 Å². The highest BCUT2D eigenvalue weighted by molar-refractivity contribution is 9.10. The van der Waals surface area contributed by atoms with Crippen molar-refractivity contribution in [1.82, 2.24) is 10.2 Å². The van der Waals surface area contributed by atoms with Gasteiger partial charge in [0.25, 0.3) is 0 Å². The molecule has 1 unspecified atom stereocenters. The molecule has 0 bridgehead atoms. The molecule has 0 aliphatic carbocycles. The summed E-state index contributed by atoms with van der Waals surface area (Å²) >= 11 is 9.77. The molecule has 1 heterocycles. The van der Waals surface area contributed by atoms with E-state index < -0.39 is 5.38 Å². The first-order valence-corrected chi connectivity index (χ1v) is 7.25. The molecule has 100 valence electrons. The molecule has 0 saturated carbocycles. The van der Waals surface area contributed by atoms with E-state index in [-0.39, 0.29) is 0 Å². The standard InChI is InChI=1S/C15H10BrClN2O/c16-12-8-4-7-11(9-12)14-18-19-15(20-14)13(17)10-5-2-1-3-6-10/h1-9,13H. The summed E-state index contributed by atoms with van der Waals surface area (Å²) in [5.41, 5.74) is 1.79. The van der Waals surface area contributed by atoms with Crippen LogP contribution in [0.15, 0.2) is 63.5 Å². The van der Waals surface area contributed by atoms with Gasteiger partial charge in [-0.3, -0.25) is 0 Å². The van der Waals surface area contributed by atoms with E-state index in [9.17, 15) is 0 Å². The first-order chi connectivity index (χ1) is 9.74. The van der Waals surface area contributed by atoms with Crippen LogP contribution in [0.2, 0.25) is 0 Å². The highest BCUT2D eigenvalue weighted by Crippen LogP contribution is 2.30. The fourth-order valence-corrected chi connectivity index (χ4v) is 2.47. The first-order valence-electron chi connectivity index (χ1n) is 6.02. The predicted molar refractivity (Wildman–Crippen MR) is 81.6 cm³/mol. The smallest absolute Gasteiger partial charge is 0.247 e. The Hall–Kier alpha value is -1.65. The Morgan fingerprint density at radius 3 is 2.55 bits per heavy atom. The number of benzene rings is 2. The summed E-state index contributed by atoms with van der Waals surface area (Å²) in [4.78, 5) is 0. The van der Waals surface area contributed by atoms with Gasteiger partial charge < -0.3 is 4.42 Å². The van der Waals surface area contributed by atoms with E-state index in [4.69, 9.17) is 16.0 Å². The Kier molecular flexibility index (Phi) is 3.85. The topological polar surface area (TPSA) is 38.9 Å². The first kappa shape index (κ1) is 13.3. The molecule has 3 rings (SSSR count). The monoisotopic (exact) mass is 348 g/mol. The van der Waals surface area contributed by atoms with Crippen LogP contribution in [0, 0.1) is 0 Å². The molecule has 1 aromatic heterocycles. The Labute approximate surface area is 129 Å². The molecule has 0 aliphatic rings. The largest absolute Gasteiger partial charge is 0.419 e. The minimum Gasteiger partial charge on any atom is -0.419 e. The molecule has 0 radical (unpaired) electrons. The van der Waals surface area contributed by atoms with E-state index in [0.29, 0.717) is 11.8 Å². The fourth-order valence-electron chi connectivity index (χ4n) is 1.84. The van der Waals surface area contributed by atoms with Crippen molar-refractivity contribution in [2.75, 3.05) is 0 Å². The van der Waals surface area contributed by atoms with Gasteiger partial charge in [0.2, 0.25) is 11.8 Å². The lowest BCUT2D eigenvalue weighted by molar-refractivity contribution is 0.513. The summed E-state index contributed by atoms with van der Waals surface area (Å²) < 4.78 is 6.62. The minimum absolute atomic E-state index is 0.396. The Balaban J connectivity index is 1.91. The molecule has 0 spiro atoms. The van der Waals surface area contributed by atoms with Gasteiger partial charge in [-0.15, -0.1) is 21.8 Å². The van der Waals surface area contributed by atoms with Crippen LogP contribution in [-0.2, 0) is 0 Å². The van der Waals surface area contributed by atoms with Crippen LogP contribution in [0.5, 0.6) is 0 Å².